The predicted molar refractivity (Wildman–Crippen MR) is 107 cm³/mol. The van der Waals surface area contributed by atoms with Gasteiger partial charge in [-0.3, -0.25) is 9.59 Å². The van der Waals surface area contributed by atoms with Gasteiger partial charge in [-0.15, -0.1) is 0 Å². The molecule has 1 spiro atoms. The summed E-state index contributed by atoms with van der Waals surface area (Å²) >= 11 is 1.47. The third kappa shape index (κ3) is 2.03. The average molecular weight is 423 g/mol. The Balaban J connectivity index is 1.72. The Morgan fingerprint density at radius 1 is 1.31 bits per heavy atom. The first-order valence-electron chi connectivity index (χ1n) is 10.8. The molecule has 5 rings (SSSR count). The zero-order valence-corrected chi connectivity index (χ0v) is 17.8. The Labute approximate surface area is 175 Å². The van der Waals surface area contributed by atoms with Crippen LogP contribution in [-0.4, -0.2) is 56.1 Å². The molecule has 1 aliphatic heterocycles. The van der Waals surface area contributed by atoms with Gasteiger partial charge >= 0.3 is 11.9 Å². The van der Waals surface area contributed by atoms with Crippen LogP contribution in [0.25, 0.3) is 0 Å². The zero-order chi connectivity index (χ0) is 20.9. The molecule has 5 fully saturated rings. The Kier molecular flexibility index (Phi) is 4.12. The van der Waals surface area contributed by atoms with Gasteiger partial charge in [0.15, 0.2) is 0 Å². The molecule has 1 heterocycles. The van der Waals surface area contributed by atoms with Crippen molar-refractivity contribution in [2.45, 2.75) is 69.0 Å². The van der Waals surface area contributed by atoms with Crippen LogP contribution in [0.3, 0.4) is 0 Å². The molecule has 0 aromatic rings. The van der Waals surface area contributed by atoms with Gasteiger partial charge in [0.25, 0.3) is 0 Å². The molecule has 160 valence electrons. The van der Waals surface area contributed by atoms with Crippen LogP contribution in [0.2, 0.25) is 0 Å². The maximum absolute atomic E-state index is 13.2. The normalized spacial score (nSPS) is 54.8. The summed E-state index contributed by atoms with van der Waals surface area (Å²) in [5.41, 5.74) is -2.01. The number of aliphatic carboxylic acids is 1. The second-order valence-corrected chi connectivity index (χ2v) is 11.4. The lowest BCUT2D eigenvalue weighted by Gasteiger charge is -2.50. The summed E-state index contributed by atoms with van der Waals surface area (Å²) in [6, 6.07) is 0. The van der Waals surface area contributed by atoms with Crippen LogP contribution < -0.4 is 0 Å². The van der Waals surface area contributed by atoms with Crippen LogP contribution in [0.4, 0.5) is 0 Å². The minimum atomic E-state index is -1.32. The average Bonchev–Trinajstić information content (AvgIpc) is 3.15. The summed E-state index contributed by atoms with van der Waals surface area (Å²) in [7, 11) is 0. The van der Waals surface area contributed by atoms with Gasteiger partial charge in [0.05, 0.1) is 22.7 Å². The van der Waals surface area contributed by atoms with E-state index in [9.17, 15) is 24.9 Å². The highest BCUT2D eigenvalue weighted by atomic mass is 32.2. The van der Waals surface area contributed by atoms with Crippen LogP contribution in [0.15, 0.2) is 12.2 Å². The van der Waals surface area contributed by atoms with E-state index < -0.39 is 57.7 Å². The molecular formula is C22H30O6S. The first-order valence-corrected chi connectivity index (χ1v) is 11.8. The number of rotatable bonds is 4. The lowest BCUT2D eigenvalue weighted by atomic mass is 9.57. The smallest absolute Gasteiger partial charge is 0.315 e. The molecular weight excluding hydrogens is 392 g/mol. The minimum Gasteiger partial charge on any atom is -0.481 e. The van der Waals surface area contributed by atoms with Gasteiger partial charge in [0.2, 0.25) is 0 Å². The Hall–Kier alpha value is -1.05. The monoisotopic (exact) mass is 422 g/mol. The van der Waals surface area contributed by atoms with Crippen molar-refractivity contribution in [2.24, 2.45) is 34.5 Å². The fourth-order valence-electron chi connectivity index (χ4n) is 8.10. The number of hydrogen-bond donors (Lipinski definition) is 3. The molecule has 7 heteroatoms. The van der Waals surface area contributed by atoms with Crippen molar-refractivity contribution in [1.29, 1.82) is 0 Å². The van der Waals surface area contributed by atoms with Crippen molar-refractivity contribution in [3.63, 3.8) is 0 Å². The summed E-state index contributed by atoms with van der Waals surface area (Å²) in [4.78, 5) is 25.8. The summed E-state index contributed by atoms with van der Waals surface area (Å²) < 4.78 is 6.07. The number of esters is 1. The molecule has 0 aromatic heterocycles. The molecule has 0 aromatic carbocycles. The Morgan fingerprint density at radius 2 is 2.03 bits per heavy atom. The third-order valence-corrected chi connectivity index (χ3v) is 10.6. The number of allylic oxidation sites excluding steroid dienone is 1. The standard InChI is InChI=1S/C22H30O6S/c1-4-7-29-14-16(23)20(3)15-13(18(25)26)21-8-10(2)11(9-21)5-6-12(21)22(15,17(14)24)28-19(20)27/h11-17,23-24H,2,4-9H2,1,3H3,(H,25,26)/t11-,12-,13-,14+,15-,16+,17+,20-,21+,22-/m1/s1. The lowest BCUT2D eigenvalue weighted by Crippen LogP contribution is -2.66. The fraction of sp³-hybridized carbons (Fsp3) is 0.818. The molecule has 0 radical (unpaired) electrons. The van der Waals surface area contributed by atoms with E-state index in [1.54, 1.807) is 6.92 Å². The zero-order valence-electron chi connectivity index (χ0n) is 17.0. The molecule has 4 saturated carbocycles. The Bertz CT molecular complexity index is 798. The van der Waals surface area contributed by atoms with Crippen molar-refractivity contribution in [3.8, 4) is 0 Å². The molecule has 0 unspecified atom stereocenters. The van der Waals surface area contributed by atoms with Crippen LogP contribution in [0, 0.1) is 34.5 Å². The number of aliphatic hydroxyl groups is 2. The number of carboxylic acids is 1. The van der Waals surface area contributed by atoms with E-state index in [1.807, 2.05) is 6.92 Å². The van der Waals surface area contributed by atoms with Gasteiger partial charge in [-0.1, -0.05) is 19.1 Å². The molecule has 5 aliphatic rings. The van der Waals surface area contributed by atoms with Crippen molar-refractivity contribution >= 4 is 23.7 Å². The molecule has 29 heavy (non-hydrogen) atoms. The van der Waals surface area contributed by atoms with E-state index in [0.717, 1.165) is 37.0 Å². The fourth-order valence-corrected chi connectivity index (χ4v) is 9.47. The number of fused-ring (bicyclic) bond motifs is 1. The van der Waals surface area contributed by atoms with Crippen molar-refractivity contribution in [2.75, 3.05) is 5.75 Å². The molecule has 3 N–H and O–H groups in total. The lowest BCUT2D eigenvalue weighted by molar-refractivity contribution is -0.176. The Morgan fingerprint density at radius 3 is 2.69 bits per heavy atom. The van der Waals surface area contributed by atoms with Crippen molar-refractivity contribution in [1.82, 2.24) is 0 Å². The summed E-state index contributed by atoms with van der Waals surface area (Å²) in [6.45, 7) is 7.93. The first kappa shape index (κ1) is 19.9. The highest BCUT2D eigenvalue weighted by molar-refractivity contribution is 8.00. The van der Waals surface area contributed by atoms with Gasteiger partial charge in [0.1, 0.15) is 11.7 Å². The predicted octanol–water partition coefficient (Wildman–Crippen LogP) is 2.23. The van der Waals surface area contributed by atoms with Gasteiger partial charge in [0, 0.05) is 11.8 Å². The topological polar surface area (TPSA) is 104 Å². The molecule has 6 nitrogen and oxygen atoms in total. The van der Waals surface area contributed by atoms with E-state index in [4.69, 9.17) is 4.74 Å². The molecule has 10 atom stereocenters. The number of aliphatic hydroxyl groups excluding tert-OH is 2. The van der Waals surface area contributed by atoms with Crippen LogP contribution in [-0.2, 0) is 14.3 Å². The summed E-state index contributed by atoms with van der Waals surface area (Å²) in [5, 5.41) is 32.7. The number of carboxylic acid groups (broad SMARTS) is 1. The number of carbonyl (C=O) groups is 2. The number of thioether (sulfide) groups is 1. The molecule has 1 saturated heterocycles. The van der Waals surface area contributed by atoms with Gasteiger partial charge in [-0.25, -0.2) is 0 Å². The SMILES string of the molecule is C=C1C[C@]23C[C@H]1CC[C@H]2[C@@]12OC(=O)[C@](C)([C@H]1[C@@H]3C(=O)O)[C@@H](O)[C@H](SCCC)[C@@H]2O. The largest absolute Gasteiger partial charge is 0.481 e. The van der Waals surface area contributed by atoms with Gasteiger partial charge in [-0.2, -0.15) is 11.8 Å². The highest BCUT2D eigenvalue weighted by Gasteiger charge is 2.86. The molecule has 4 aliphatic carbocycles. The van der Waals surface area contributed by atoms with Gasteiger partial charge < -0.3 is 20.1 Å². The van der Waals surface area contributed by atoms with E-state index in [0.29, 0.717) is 12.3 Å². The first-order chi connectivity index (χ1) is 13.7. The number of hydrogen-bond acceptors (Lipinski definition) is 6. The number of ether oxygens (including phenoxy) is 1. The van der Waals surface area contributed by atoms with Crippen LogP contribution in [0.1, 0.15) is 46.0 Å². The van der Waals surface area contributed by atoms with Crippen molar-refractivity contribution < 1.29 is 29.6 Å². The second kappa shape index (κ2) is 6.01. The second-order valence-electron chi connectivity index (χ2n) is 10.1. The van der Waals surface area contributed by atoms with Gasteiger partial charge in [-0.05, 0) is 56.1 Å². The maximum Gasteiger partial charge on any atom is 0.315 e. The van der Waals surface area contributed by atoms with Crippen molar-refractivity contribution in [3.05, 3.63) is 12.2 Å². The molecule has 0 amide bonds. The number of carbonyl (C=O) groups excluding carboxylic acids is 1. The minimum absolute atomic E-state index is 0.213. The third-order valence-electron chi connectivity index (χ3n) is 9.08. The van der Waals surface area contributed by atoms with E-state index >= 15 is 0 Å². The van der Waals surface area contributed by atoms with E-state index in [1.165, 1.54) is 11.8 Å². The van der Waals surface area contributed by atoms with Crippen LogP contribution >= 0.6 is 11.8 Å². The highest BCUT2D eigenvalue weighted by Crippen LogP contribution is 2.78. The maximum atomic E-state index is 13.2. The van der Waals surface area contributed by atoms with Crippen LogP contribution in [0.5, 0.6) is 0 Å². The van der Waals surface area contributed by atoms with E-state index in [-0.39, 0.29) is 5.92 Å². The summed E-state index contributed by atoms with van der Waals surface area (Å²) in [5.74, 6) is -2.20. The quantitative estimate of drug-likeness (QED) is 0.471. The molecule has 4 bridgehead atoms. The van der Waals surface area contributed by atoms with E-state index in [2.05, 4.69) is 6.58 Å². The summed E-state index contributed by atoms with van der Waals surface area (Å²) in [6.07, 6.45) is 1.63.